The molecule has 2 N–H and O–H groups in total. The van der Waals surface area contributed by atoms with Gasteiger partial charge < -0.3 is 10.5 Å². The number of rotatable bonds is 4. The van der Waals surface area contributed by atoms with Crippen molar-refractivity contribution in [3.05, 3.63) is 61.1 Å². The molecule has 0 aliphatic carbocycles. The smallest absolute Gasteiger partial charge is 0.430 e. The molecule has 2 heterocycles. The van der Waals surface area contributed by atoms with E-state index in [1.807, 2.05) is 0 Å². The molecule has 0 saturated heterocycles. The van der Waals surface area contributed by atoms with E-state index in [1.54, 1.807) is 52.8 Å². The molecule has 0 aliphatic rings. The van der Waals surface area contributed by atoms with Crippen LogP contribution in [0.1, 0.15) is 44.8 Å². The lowest BCUT2D eigenvalue weighted by Crippen LogP contribution is -2.54. The number of fused-ring (bicyclic) bond motifs is 1. The number of anilines is 1. The Balaban J connectivity index is 2.18. The number of hydrogen-bond acceptors (Lipinski definition) is 7. The maximum absolute atomic E-state index is 13.5. The molecule has 1 amide bonds. The predicted molar refractivity (Wildman–Crippen MR) is 135 cm³/mol. The average molecular weight is 499 g/mol. The van der Waals surface area contributed by atoms with Crippen molar-refractivity contribution >= 4 is 34.4 Å². The number of amides is 1. The van der Waals surface area contributed by atoms with Crippen LogP contribution < -0.4 is 22.0 Å². The molecule has 3 rings (SSSR count). The fraction of sp³-hybridized carbons (Fsp3) is 0.375. The first-order valence-electron chi connectivity index (χ1n) is 10.8. The van der Waals surface area contributed by atoms with E-state index < -0.39 is 22.9 Å². The van der Waals surface area contributed by atoms with E-state index in [9.17, 15) is 14.4 Å². The van der Waals surface area contributed by atoms with Gasteiger partial charge in [-0.2, -0.15) is 9.69 Å². The largest absolute Gasteiger partial charge is 0.442 e. The van der Waals surface area contributed by atoms with Gasteiger partial charge in [-0.3, -0.25) is 9.36 Å². The summed E-state index contributed by atoms with van der Waals surface area (Å²) in [5.74, 6) is 5.47. The summed E-state index contributed by atoms with van der Waals surface area (Å²) in [7, 11) is 0. The van der Waals surface area contributed by atoms with Crippen LogP contribution in [0.5, 0.6) is 0 Å². The molecular weight excluding hydrogens is 472 g/mol. The maximum Gasteiger partial charge on any atom is 0.430 e. The molecule has 11 heteroatoms. The van der Waals surface area contributed by atoms with Crippen LogP contribution in [0.3, 0.4) is 0 Å². The summed E-state index contributed by atoms with van der Waals surface area (Å²) in [5, 5.41) is 2.27. The highest BCUT2D eigenvalue weighted by Gasteiger charge is 2.27. The van der Waals surface area contributed by atoms with Crippen molar-refractivity contribution in [3.8, 4) is 11.8 Å². The molecule has 0 radical (unpaired) electrons. The molecule has 0 saturated carbocycles. The van der Waals surface area contributed by atoms with Crippen molar-refractivity contribution in [1.82, 2.24) is 19.2 Å². The summed E-state index contributed by atoms with van der Waals surface area (Å²) in [5.41, 5.74) is 5.17. The van der Waals surface area contributed by atoms with Gasteiger partial charge in [-0.1, -0.05) is 17.5 Å². The first-order valence-corrected chi connectivity index (χ1v) is 11.2. The Bertz CT molecular complexity index is 1490. The zero-order chi connectivity index (χ0) is 26.1. The average Bonchev–Trinajstić information content (AvgIpc) is 2.77. The zero-order valence-electron chi connectivity index (χ0n) is 20.5. The minimum atomic E-state index is -0.848. The summed E-state index contributed by atoms with van der Waals surface area (Å²) >= 11 is 6.07. The number of benzene rings is 1. The lowest BCUT2D eigenvalue weighted by molar-refractivity contribution is 0.0542. The Labute approximate surface area is 207 Å². The third-order valence-electron chi connectivity index (χ3n) is 5.04. The van der Waals surface area contributed by atoms with Gasteiger partial charge in [-0.25, -0.2) is 19.6 Å². The molecule has 0 bridgehead atoms. The van der Waals surface area contributed by atoms with Gasteiger partial charge in [-0.05, 0) is 59.7 Å². The topological polar surface area (TPSA) is 125 Å². The van der Waals surface area contributed by atoms with Crippen molar-refractivity contribution in [2.45, 2.75) is 53.7 Å². The van der Waals surface area contributed by atoms with Crippen LogP contribution in [0.4, 0.5) is 10.6 Å². The minimum absolute atomic E-state index is 0.0758. The van der Waals surface area contributed by atoms with Crippen LogP contribution in [0.2, 0.25) is 5.02 Å². The molecule has 184 valence electrons. The zero-order valence-corrected chi connectivity index (χ0v) is 21.2. The maximum atomic E-state index is 13.5. The number of hydrogen-bond donors (Lipinski definition) is 1. The van der Waals surface area contributed by atoms with E-state index in [0.717, 1.165) is 19.6 Å². The van der Waals surface area contributed by atoms with E-state index in [4.69, 9.17) is 22.1 Å². The lowest BCUT2D eigenvalue weighted by atomic mass is 10.2. The van der Waals surface area contributed by atoms with Crippen molar-refractivity contribution < 1.29 is 9.53 Å². The van der Waals surface area contributed by atoms with Gasteiger partial charge in [-0.15, -0.1) is 5.92 Å². The van der Waals surface area contributed by atoms with Gasteiger partial charge in [0.25, 0.3) is 5.56 Å². The molecule has 2 aromatic heterocycles. The summed E-state index contributed by atoms with van der Waals surface area (Å²) in [6.07, 6.45) is -0.840. The first kappa shape index (κ1) is 25.8. The van der Waals surface area contributed by atoms with Crippen LogP contribution in [0.25, 0.3) is 10.9 Å². The van der Waals surface area contributed by atoms with Crippen LogP contribution in [0, 0.1) is 25.7 Å². The number of aryl methyl sites for hydroxylation is 1. The molecular formula is C24H27ClN6O4. The van der Waals surface area contributed by atoms with Gasteiger partial charge in [0.15, 0.2) is 0 Å². The van der Waals surface area contributed by atoms with Gasteiger partial charge in [0.05, 0.1) is 17.6 Å². The minimum Gasteiger partial charge on any atom is -0.442 e. The summed E-state index contributed by atoms with van der Waals surface area (Å²) in [4.78, 5) is 48.4. The number of ether oxygens (including phenoxy) is 1. The molecule has 3 aromatic rings. The second-order valence-corrected chi connectivity index (χ2v) is 9.28. The Morgan fingerprint density at radius 3 is 2.54 bits per heavy atom. The predicted octanol–water partition coefficient (Wildman–Crippen LogP) is 2.75. The number of carbonyl (C=O) groups is 1. The third kappa shape index (κ3) is 5.46. The van der Waals surface area contributed by atoms with Gasteiger partial charge >= 0.3 is 11.8 Å². The second-order valence-electron chi connectivity index (χ2n) is 8.85. The van der Waals surface area contributed by atoms with E-state index in [-0.39, 0.29) is 30.3 Å². The molecule has 35 heavy (non-hydrogen) atoms. The highest BCUT2D eigenvalue weighted by molar-refractivity contribution is 6.31. The third-order valence-corrected chi connectivity index (χ3v) is 5.27. The number of nitrogens with two attached hydrogens (primary N) is 1. The Morgan fingerprint density at radius 2 is 1.91 bits per heavy atom. The van der Waals surface area contributed by atoms with E-state index >= 15 is 0 Å². The van der Waals surface area contributed by atoms with E-state index in [2.05, 4.69) is 21.8 Å². The highest BCUT2D eigenvalue weighted by atomic mass is 35.5. The lowest BCUT2D eigenvalue weighted by Gasteiger charge is -2.28. The molecule has 1 aromatic carbocycles. The molecule has 0 atom stereocenters. The van der Waals surface area contributed by atoms with Crippen LogP contribution in [-0.2, 0) is 11.3 Å². The standard InChI is InChI=1S/C24H27ClN6O4/c1-7-8-11-30(23(34)35-24(4,5)6)31-20(26)14(2)21(32)29(22(31)33)13-19-27-15(3)17-12-16(25)9-10-18(17)28-19/h9-10,12H,11,13,26H2,1-6H3. The number of halogens is 1. The summed E-state index contributed by atoms with van der Waals surface area (Å²) in [6.45, 7) is 9.51. The highest BCUT2D eigenvalue weighted by Crippen LogP contribution is 2.20. The summed E-state index contributed by atoms with van der Waals surface area (Å²) in [6, 6.07) is 5.18. The van der Waals surface area contributed by atoms with Gasteiger partial charge in [0, 0.05) is 16.1 Å². The second kappa shape index (κ2) is 9.80. The molecule has 0 aliphatic heterocycles. The van der Waals surface area contributed by atoms with E-state index in [1.165, 1.54) is 6.92 Å². The molecule has 10 nitrogen and oxygen atoms in total. The van der Waals surface area contributed by atoms with Crippen molar-refractivity contribution in [2.24, 2.45) is 0 Å². The first-order chi connectivity index (χ1) is 16.3. The van der Waals surface area contributed by atoms with E-state index in [0.29, 0.717) is 16.2 Å². The number of nitrogen functional groups attached to an aromatic ring is 1. The molecule has 0 unspecified atom stereocenters. The van der Waals surface area contributed by atoms with Crippen molar-refractivity contribution in [2.75, 3.05) is 17.3 Å². The summed E-state index contributed by atoms with van der Waals surface area (Å²) < 4.78 is 7.28. The SMILES string of the molecule is CC#CCN(C(=O)OC(C)(C)C)n1c(N)c(C)c(=O)n(Cc2nc(C)c3cc(Cl)ccc3n2)c1=O. The van der Waals surface area contributed by atoms with Gasteiger partial charge in [0.2, 0.25) is 0 Å². The van der Waals surface area contributed by atoms with Crippen LogP contribution in [-0.4, -0.2) is 37.5 Å². The Kier molecular flexibility index (Phi) is 7.22. The number of aromatic nitrogens is 4. The van der Waals surface area contributed by atoms with Crippen molar-refractivity contribution in [1.29, 1.82) is 0 Å². The fourth-order valence-corrected chi connectivity index (χ4v) is 3.53. The van der Waals surface area contributed by atoms with Crippen molar-refractivity contribution in [3.63, 3.8) is 0 Å². The van der Waals surface area contributed by atoms with Crippen LogP contribution in [0.15, 0.2) is 27.8 Å². The Hall–Kier alpha value is -3.84. The molecule has 0 spiro atoms. The number of nitrogens with zero attached hydrogens (tertiary/aromatic N) is 5. The number of carbonyl (C=O) groups excluding carboxylic acids is 1. The monoisotopic (exact) mass is 498 g/mol. The normalized spacial score (nSPS) is 11.2. The van der Waals surface area contributed by atoms with Gasteiger partial charge in [0.1, 0.15) is 23.8 Å². The fourth-order valence-electron chi connectivity index (χ4n) is 3.36. The van der Waals surface area contributed by atoms with Crippen LogP contribution >= 0.6 is 11.6 Å². The quantitative estimate of drug-likeness (QED) is 0.548. The molecule has 0 fully saturated rings. The Morgan fingerprint density at radius 1 is 1.23 bits per heavy atom.